The van der Waals surface area contributed by atoms with Gasteiger partial charge in [-0.05, 0) is 30.9 Å². The number of benzene rings is 1. The Labute approximate surface area is 188 Å². The molecular formula is C24H32N4O2S. The number of carbonyl (C=O) groups is 1. The van der Waals surface area contributed by atoms with E-state index in [1.165, 1.54) is 16.9 Å². The number of nitrogens with zero attached hydrogens (tertiary/aromatic N) is 3. The highest BCUT2D eigenvalue weighted by atomic mass is 32.1. The summed E-state index contributed by atoms with van der Waals surface area (Å²) in [5.74, 6) is 0.592. The lowest BCUT2D eigenvalue weighted by Gasteiger charge is -2.35. The standard InChI is InChI=1S/C24H32N4O2S/c1-17(2)13-20(27-9-11-30-12-10-27)15-25-23(29)22-14-21-18(3)26-28(24(21)31-22)16-19-7-5-4-6-8-19/h4-8,14,17,20H,9-13,15-16H2,1-3H3,(H,25,29)/t20-/m1/s1. The van der Waals surface area contributed by atoms with Gasteiger partial charge in [0.1, 0.15) is 4.83 Å². The van der Waals surface area contributed by atoms with E-state index in [9.17, 15) is 4.79 Å². The van der Waals surface area contributed by atoms with Crippen molar-refractivity contribution in [1.29, 1.82) is 0 Å². The van der Waals surface area contributed by atoms with Crippen molar-refractivity contribution in [2.45, 2.75) is 39.8 Å². The van der Waals surface area contributed by atoms with E-state index in [1.807, 2.05) is 35.9 Å². The van der Waals surface area contributed by atoms with Gasteiger partial charge in [0.2, 0.25) is 0 Å². The van der Waals surface area contributed by atoms with Crippen LogP contribution in [0.5, 0.6) is 0 Å². The van der Waals surface area contributed by atoms with Crippen LogP contribution in [0.4, 0.5) is 0 Å². The number of fused-ring (bicyclic) bond motifs is 1. The first-order valence-electron chi connectivity index (χ1n) is 11.1. The number of aryl methyl sites for hydroxylation is 1. The molecule has 166 valence electrons. The fraction of sp³-hybridized carbons (Fsp3) is 0.500. The Balaban J connectivity index is 1.46. The molecule has 1 atom stereocenters. The molecule has 1 aliphatic heterocycles. The number of carbonyl (C=O) groups excluding carboxylic acids is 1. The number of nitrogens with one attached hydrogen (secondary N) is 1. The fourth-order valence-corrected chi connectivity index (χ4v) is 5.31. The molecule has 4 rings (SSSR count). The SMILES string of the molecule is Cc1nn(Cc2ccccc2)c2sc(C(=O)NC[C@@H](CC(C)C)N3CCOCC3)cc12. The van der Waals surface area contributed by atoms with Crippen LogP contribution in [0.15, 0.2) is 36.4 Å². The van der Waals surface area contributed by atoms with E-state index in [-0.39, 0.29) is 5.91 Å². The Morgan fingerprint density at radius 3 is 2.68 bits per heavy atom. The molecule has 0 bridgehead atoms. The maximum Gasteiger partial charge on any atom is 0.261 e. The number of ether oxygens (including phenoxy) is 1. The van der Waals surface area contributed by atoms with Crippen LogP contribution in [0.1, 0.15) is 41.2 Å². The summed E-state index contributed by atoms with van der Waals surface area (Å²) in [6.45, 7) is 11.3. The van der Waals surface area contributed by atoms with Crippen molar-refractivity contribution in [2.75, 3.05) is 32.8 Å². The minimum absolute atomic E-state index is 0.00822. The largest absolute Gasteiger partial charge is 0.379 e. The van der Waals surface area contributed by atoms with Crippen molar-refractivity contribution in [1.82, 2.24) is 20.0 Å². The normalized spacial score (nSPS) is 16.1. The smallest absolute Gasteiger partial charge is 0.261 e. The summed E-state index contributed by atoms with van der Waals surface area (Å²) < 4.78 is 7.51. The summed E-state index contributed by atoms with van der Waals surface area (Å²) in [6, 6.07) is 12.6. The maximum atomic E-state index is 13.0. The molecule has 31 heavy (non-hydrogen) atoms. The zero-order valence-electron chi connectivity index (χ0n) is 18.6. The van der Waals surface area contributed by atoms with Crippen molar-refractivity contribution in [2.24, 2.45) is 5.92 Å². The maximum absolute atomic E-state index is 13.0. The van der Waals surface area contributed by atoms with Crippen LogP contribution in [-0.2, 0) is 11.3 Å². The second-order valence-electron chi connectivity index (χ2n) is 8.70. The molecular weight excluding hydrogens is 408 g/mol. The summed E-state index contributed by atoms with van der Waals surface area (Å²) >= 11 is 1.53. The van der Waals surface area contributed by atoms with E-state index in [4.69, 9.17) is 9.84 Å². The summed E-state index contributed by atoms with van der Waals surface area (Å²) in [5.41, 5.74) is 2.17. The van der Waals surface area contributed by atoms with Gasteiger partial charge in [-0.3, -0.25) is 14.4 Å². The van der Waals surface area contributed by atoms with Gasteiger partial charge in [-0.15, -0.1) is 11.3 Å². The van der Waals surface area contributed by atoms with Gasteiger partial charge in [0.15, 0.2) is 0 Å². The zero-order valence-corrected chi connectivity index (χ0v) is 19.5. The molecule has 1 aromatic carbocycles. The molecule has 1 fully saturated rings. The minimum Gasteiger partial charge on any atom is -0.379 e. The molecule has 2 aromatic heterocycles. The van der Waals surface area contributed by atoms with E-state index in [0.29, 0.717) is 25.0 Å². The minimum atomic E-state index is 0.00822. The van der Waals surface area contributed by atoms with E-state index < -0.39 is 0 Å². The van der Waals surface area contributed by atoms with Crippen LogP contribution in [0.2, 0.25) is 0 Å². The molecule has 3 aromatic rings. The highest BCUT2D eigenvalue weighted by Gasteiger charge is 2.23. The predicted molar refractivity (Wildman–Crippen MR) is 126 cm³/mol. The molecule has 0 radical (unpaired) electrons. The van der Waals surface area contributed by atoms with E-state index in [1.54, 1.807) is 0 Å². The van der Waals surface area contributed by atoms with Crippen LogP contribution in [0, 0.1) is 12.8 Å². The molecule has 0 aliphatic carbocycles. The van der Waals surface area contributed by atoms with Crippen LogP contribution < -0.4 is 5.32 Å². The molecule has 6 nitrogen and oxygen atoms in total. The Bertz CT molecular complexity index is 1010. The monoisotopic (exact) mass is 440 g/mol. The Morgan fingerprint density at radius 1 is 1.23 bits per heavy atom. The molecule has 1 N–H and O–H groups in total. The Morgan fingerprint density at radius 2 is 1.97 bits per heavy atom. The second kappa shape index (κ2) is 9.94. The van der Waals surface area contributed by atoms with Crippen molar-refractivity contribution in [3.8, 4) is 0 Å². The third kappa shape index (κ3) is 5.34. The lowest BCUT2D eigenvalue weighted by Crippen LogP contribution is -2.49. The van der Waals surface area contributed by atoms with Gasteiger partial charge in [0.25, 0.3) is 5.91 Å². The van der Waals surface area contributed by atoms with E-state index >= 15 is 0 Å². The number of rotatable bonds is 8. The number of hydrogen-bond acceptors (Lipinski definition) is 5. The van der Waals surface area contributed by atoms with Crippen LogP contribution in [-0.4, -0.2) is 59.5 Å². The van der Waals surface area contributed by atoms with Gasteiger partial charge in [-0.1, -0.05) is 44.2 Å². The molecule has 0 unspecified atom stereocenters. The lowest BCUT2D eigenvalue weighted by atomic mass is 10.0. The van der Waals surface area contributed by atoms with Crippen LogP contribution in [0.25, 0.3) is 10.2 Å². The predicted octanol–water partition coefficient (Wildman–Crippen LogP) is 3.93. The van der Waals surface area contributed by atoms with Crippen LogP contribution >= 0.6 is 11.3 Å². The first kappa shape index (κ1) is 22.0. The van der Waals surface area contributed by atoms with Gasteiger partial charge in [0, 0.05) is 31.1 Å². The topological polar surface area (TPSA) is 59.4 Å². The average molecular weight is 441 g/mol. The quantitative estimate of drug-likeness (QED) is 0.577. The van der Waals surface area contributed by atoms with E-state index in [2.05, 4.69) is 36.2 Å². The average Bonchev–Trinajstić information content (AvgIpc) is 3.33. The first-order chi connectivity index (χ1) is 15.0. The summed E-state index contributed by atoms with van der Waals surface area (Å²) in [6.07, 6.45) is 1.07. The molecule has 7 heteroatoms. The lowest BCUT2D eigenvalue weighted by molar-refractivity contribution is 0.0125. The number of amides is 1. The van der Waals surface area contributed by atoms with Crippen molar-refractivity contribution < 1.29 is 9.53 Å². The third-order valence-electron chi connectivity index (χ3n) is 5.81. The number of morpholine rings is 1. The summed E-state index contributed by atoms with van der Waals surface area (Å²) in [7, 11) is 0. The van der Waals surface area contributed by atoms with Gasteiger partial charge in [0.05, 0.1) is 30.3 Å². The summed E-state index contributed by atoms with van der Waals surface area (Å²) in [5, 5.41) is 8.96. The first-order valence-corrected chi connectivity index (χ1v) is 11.9. The van der Waals surface area contributed by atoms with Crippen molar-refractivity contribution in [3.05, 3.63) is 52.5 Å². The van der Waals surface area contributed by atoms with Crippen LogP contribution in [0.3, 0.4) is 0 Å². The van der Waals surface area contributed by atoms with Gasteiger partial charge in [-0.2, -0.15) is 5.10 Å². The van der Waals surface area contributed by atoms with Gasteiger partial charge in [-0.25, -0.2) is 0 Å². The highest BCUT2D eigenvalue weighted by Crippen LogP contribution is 2.29. The molecule has 1 aliphatic rings. The third-order valence-corrected chi connectivity index (χ3v) is 6.96. The Kier molecular flexibility index (Phi) is 7.05. The van der Waals surface area contributed by atoms with Gasteiger partial charge >= 0.3 is 0 Å². The molecule has 3 heterocycles. The van der Waals surface area contributed by atoms with E-state index in [0.717, 1.165) is 53.5 Å². The highest BCUT2D eigenvalue weighted by molar-refractivity contribution is 7.20. The van der Waals surface area contributed by atoms with Crippen molar-refractivity contribution >= 4 is 27.5 Å². The summed E-state index contributed by atoms with van der Waals surface area (Å²) in [4.78, 5) is 17.3. The molecule has 0 saturated carbocycles. The second-order valence-corrected chi connectivity index (χ2v) is 9.73. The number of aromatic nitrogens is 2. The zero-order chi connectivity index (χ0) is 21.8. The van der Waals surface area contributed by atoms with Crippen molar-refractivity contribution in [3.63, 3.8) is 0 Å². The number of thiophene rings is 1. The van der Waals surface area contributed by atoms with Gasteiger partial charge < -0.3 is 10.1 Å². The molecule has 0 spiro atoms. The fourth-order valence-electron chi connectivity index (χ4n) is 4.23. The number of hydrogen-bond donors (Lipinski definition) is 1. The molecule has 1 saturated heterocycles. The molecule has 1 amide bonds. The Hall–Kier alpha value is -2.22.